The largest absolute Gasteiger partial charge is 0.394 e. The highest BCUT2D eigenvalue weighted by Gasteiger charge is 2.37. The Hall–Kier alpha value is -0.200. The second-order valence-corrected chi connectivity index (χ2v) is 2.81. The molecule has 72 valence electrons. The number of hydrogen-bond donors (Lipinski definition) is 3. The van der Waals surface area contributed by atoms with Gasteiger partial charge in [0.1, 0.15) is 24.4 Å². The third kappa shape index (κ3) is 1.75. The Morgan fingerprint density at radius 2 is 2.08 bits per heavy atom. The van der Waals surface area contributed by atoms with Crippen LogP contribution in [0.1, 0.15) is 0 Å². The van der Waals surface area contributed by atoms with Gasteiger partial charge in [0, 0.05) is 7.11 Å². The molecule has 1 aliphatic rings. The molecule has 0 spiro atoms. The van der Waals surface area contributed by atoms with Crippen LogP contribution in [0.3, 0.4) is 0 Å². The lowest BCUT2D eigenvalue weighted by Crippen LogP contribution is -2.54. The van der Waals surface area contributed by atoms with Crippen molar-refractivity contribution in [3.8, 4) is 0 Å². The van der Waals surface area contributed by atoms with Gasteiger partial charge in [-0.1, -0.05) is 0 Å². The third-order valence-electron chi connectivity index (χ3n) is 2.07. The van der Waals surface area contributed by atoms with E-state index in [0.717, 1.165) is 0 Å². The van der Waals surface area contributed by atoms with Crippen molar-refractivity contribution in [2.24, 2.45) is 0 Å². The first-order chi connectivity index (χ1) is 5.70. The molecule has 0 aromatic carbocycles. The number of aliphatic hydroxyl groups excluding tert-OH is 3. The smallest absolute Gasteiger partial charge is 0.111 e. The summed E-state index contributed by atoms with van der Waals surface area (Å²) >= 11 is 0. The van der Waals surface area contributed by atoms with Crippen LogP contribution in [-0.4, -0.2) is 60.1 Å². The maximum absolute atomic E-state index is 9.37. The lowest BCUT2D eigenvalue weighted by atomic mass is 10.0. The van der Waals surface area contributed by atoms with E-state index >= 15 is 0 Å². The summed E-state index contributed by atoms with van der Waals surface area (Å²) in [6.07, 6.45) is -3.27. The highest BCUT2D eigenvalue weighted by atomic mass is 16.6. The van der Waals surface area contributed by atoms with Gasteiger partial charge in [0.15, 0.2) is 0 Å². The molecule has 5 nitrogen and oxygen atoms in total. The van der Waals surface area contributed by atoms with Gasteiger partial charge in [0.05, 0.1) is 13.2 Å². The summed E-state index contributed by atoms with van der Waals surface area (Å²) in [5.41, 5.74) is 0. The summed E-state index contributed by atoms with van der Waals surface area (Å²) in [4.78, 5) is 0. The number of rotatable bonds is 2. The zero-order valence-corrected chi connectivity index (χ0v) is 6.88. The van der Waals surface area contributed by atoms with Crippen LogP contribution in [-0.2, 0) is 9.47 Å². The molecule has 0 radical (unpaired) electrons. The first kappa shape index (κ1) is 9.88. The number of methoxy groups -OCH3 is 1. The zero-order valence-electron chi connectivity index (χ0n) is 6.88. The molecule has 0 bridgehead atoms. The molecule has 1 rings (SSSR count). The highest BCUT2D eigenvalue weighted by molar-refractivity contribution is 4.86. The summed E-state index contributed by atoms with van der Waals surface area (Å²) in [6.45, 7) is -0.103. The monoisotopic (exact) mass is 178 g/mol. The maximum atomic E-state index is 9.37. The van der Waals surface area contributed by atoms with Crippen molar-refractivity contribution in [1.29, 1.82) is 0 Å². The molecule has 1 aliphatic heterocycles. The number of ether oxygens (including phenoxy) is 2. The predicted octanol–water partition coefficient (Wildman–Crippen LogP) is -1.89. The molecule has 1 heterocycles. The Labute approximate surface area is 70.5 Å². The van der Waals surface area contributed by atoms with Crippen molar-refractivity contribution in [3.63, 3.8) is 0 Å². The summed E-state index contributed by atoms with van der Waals surface area (Å²) in [5.74, 6) is 0. The molecule has 5 heteroatoms. The zero-order chi connectivity index (χ0) is 9.14. The molecular formula is C7H14O5. The Morgan fingerprint density at radius 1 is 1.42 bits per heavy atom. The van der Waals surface area contributed by atoms with Gasteiger partial charge in [-0.3, -0.25) is 0 Å². The average Bonchev–Trinajstić information content (AvgIpc) is 2.10. The topological polar surface area (TPSA) is 79.2 Å². The molecule has 4 atom stereocenters. The first-order valence-corrected chi connectivity index (χ1v) is 3.82. The molecule has 0 unspecified atom stereocenters. The van der Waals surface area contributed by atoms with Crippen LogP contribution >= 0.6 is 0 Å². The standard InChI is InChI=1S/C7H14O5/c1-11-5-3-12-4(2-8)6(9)7(5)10/h4-10H,2-3H2,1H3/t4-,5-,6-,7-/m1/s1. The quantitative estimate of drug-likeness (QED) is 0.461. The van der Waals surface area contributed by atoms with Gasteiger partial charge in [-0.25, -0.2) is 0 Å². The van der Waals surface area contributed by atoms with Gasteiger partial charge in [-0.2, -0.15) is 0 Å². The lowest BCUT2D eigenvalue weighted by molar-refractivity contribution is -0.202. The molecule has 0 amide bonds. The second-order valence-electron chi connectivity index (χ2n) is 2.81. The molecule has 1 fully saturated rings. The van der Waals surface area contributed by atoms with Gasteiger partial charge in [0.25, 0.3) is 0 Å². The van der Waals surface area contributed by atoms with E-state index in [9.17, 15) is 10.2 Å². The minimum absolute atomic E-state index is 0.194. The van der Waals surface area contributed by atoms with E-state index in [4.69, 9.17) is 14.6 Å². The normalized spacial score (nSPS) is 43.0. The van der Waals surface area contributed by atoms with E-state index < -0.39 is 24.4 Å². The van der Waals surface area contributed by atoms with Crippen LogP contribution < -0.4 is 0 Å². The summed E-state index contributed by atoms with van der Waals surface area (Å²) in [6, 6.07) is 0. The van der Waals surface area contributed by atoms with Crippen LogP contribution in [0, 0.1) is 0 Å². The van der Waals surface area contributed by atoms with Gasteiger partial charge in [-0.05, 0) is 0 Å². The lowest BCUT2D eigenvalue weighted by Gasteiger charge is -2.35. The third-order valence-corrected chi connectivity index (χ3v) is 2.07. The van der Waals surface area contributed by atoms with Crippen LogP contribution in [0.15, 0.2) is 0 Å². The van der Waals surface area contributed by atoms with Crippen LogP contribution in [0.2, 0.25) is 0 Å². The van der Waals surface area contributed by atoms with Crippen molar-refractivity contribution >= 4 is 0 Å². The molecule has 0 saturated carbocycles. The van der Waals surface area contributed by atoms with Gasteiger partial charge in [-0.15, -0.1) is 0 Å². The fourth-order valence-electron chi connectivity index (χ4n) is 1.22. The van der Waals surface area contributed by atoms with Crippen molar-refractivity contribution in [2.75, 3.05) is 20.3 Å². The molecule has 3 N–H and O–H groups in total. The van der Waals surface area contributed by atoms with E-state index in [1.54, 1.807) is 0 Å². The predicted molar refractivity (Wildman–Crippen MR) is 39.6 cm³/mol. The van der Waals surface area contributed by atoms with E-state index in [1.165, 1.54) is 7.11 Å². The Morgan fingerprint density at radius 3 is 2.58 bits per heavy atom. The van der Waals surface area contributed by atoms with Crippen LogP contribution in [0.25, 0.3) is 0 Å². The summed E-state index contributed by atoms with van der Waals surface area (Å²) < 4.78 is 9.88. The number of hydrogen-bond acceptors (Lipinski definition) is 5. The van der Waals surface area contributed by atoms with Crippen molar-refractivity contribution in [1.82, 2.24) is 0 Å². The Bertz CT molecular complexity index is 124. The van der Waals surface area contributed by atoms with Crippen molar-refractivity contribution in [2.45, 2.75) is 24.4 Å². The number of aliphatic hydroxyl groups is 3. The molecule has 0 aromatic heterocycles. The fraction of sp³-hybridized carbons (Fsp3) is 1.00. The highest BCUT2D eigenvalue weighted by Crippen LogP contribution is 2.16. The van der Waals surface area contributed by atoms with Gasteiger partial charge < -0.3 is 24.8 Å². The van der Waals surface area contributed by atoms with E-state index in [-0.39, 0.29) is 13.2 Å². The van der Waals surface area contributed by atoms with E-state index in [0.29, 0.717) is 0 Å². The summed E-state index contributed by atoms with van der Waals surface area (Å²) in [5, 5.41) is 27.4. The van der Waals surface area contributed by atoms with Crippen molar-refractivity contribution < 1.29 is 24.8 Å². The fourth-order valence-corrected chi connectivity index (χ4v) is 1.22. The molecule has 0 aliphatic carbocycles. The Kier molecular flexibility index (Phi) is 3.42. The summed E-state index contributed by atoms with van der Waals surface area (Å²) in [7, 11) is 1.43. The van der Waals surface area contributed by atoms with Crippen LogP contribution in [0.4, 0.5) is 0 Å². The van der Waals surface area contributed by atoms with Gasteiger partial charge in [0.2, 0.25) is 0 Å². The maximum Gasteiger partial charge on any atom is 0.111 e. The minimum atomic E-state index is -1.08. The molecule has 12 heavy (non-hydrogen) atoms. The van der Waals surface area contributed by atoms with E-state index in [1.807, 2.05) is 0 Å². The van der Waals surface area contributed by atoms with Crippen LogP contribution in [0.5, 0.6) is 0 Å². The van der Waals surface area contributed by atoms with Crippen molar-refractivity contribution in [3.05, 3.63) is 0 Å². The molecule has 0 aromatic rings. The molecular weight excluding hydrogens is 164 g/mol. The second kappa shape index (κ2) is 4.15. The molecule has 1 saturated heterocycles. The SMILES string of the molecule is CO[C@@H]1CO[C@H](CO)[C@@H](O)[C@@H]1O. The van der Waals surface area contributed by atoms with Gasteiger partial charge >= 0.3 is 0 Å². The Balaban J connectivity index is 2.52. The average molecular weight is 178 g/mol. The minimum Gasteiger partial charge on any atom is -0.394 e. The van der Waals surface area contributed by atoms with E-state index in [2.05, 4.69) is 0 Å². The first-order valence-electron chi connectivity index (χ1n) is 3.82.